The van der Waals surface area contributed by atoms with Gasteiger partial charge in [-0.1, -0.05) is 36.4 Å². The second-order valence-corrected chi connectivity index (χ2v) is 8.67. The molecule has 1 saturated heterocycles. The van der Waals surface area contributed by atoms with Crippen LogP contribution in [0.5, 0.6) is 0 Å². The van der Waals surface area contributed by atoms with Crippen LogP contribution in [-0.4, -0.2) is 51.1 Å². The van der Waals surface area contributed by atoms with E-state index in [1.54, 1.807) is 0 Å². The molecule has 8 heteroatoms. The lowest BCUT2D eigenvalue weighted by Crippen LogP contribution is -2.27. The van der Waals surface area contributed by atoms with Crippen molar-refractivity contribution in [2.24, 2.45) is 0 Å². The Balaban J connectivity index is 1.25. The molecule has 178 valence electrons. The van der Waals surface area contributed by atoms with Gasteiger partial charge in [0.05, 0.1) is 11.9 Å². The third-order valence-electron chi connectivity index (χ3n) is 6.18. The highest BCUT2D eigenvalue weighted by molar-refractivity contribution is 5.96. The molecule has 0 bridgehead atoms. The maximum absolute atomic E-state index is 12.7. The van der Waals surface area contributed by atoms with Gasteiger partial charge in [0.2, 0.25) is 11.8 Å². The van der Waals surface area contributed by atoms with Crippen LogP contribution >= 0.6 is 0 Å². The first-order chi connectivity index (χ1) is 17.2. The summed E-state index contributed by atoms with van der Waals surface area (Å²) in [6, 6.07) is 21.3. The van der Waals surface area contributed by atoms with E-state index in [0.29, 0.717) is 18.1 Å². The highest BCUT2D eigenvalue weighted by atomic mass is 16.2. The largest absolute Gasteiger partial charge is 0.369 e. The van der Waals surface area contributed by atoms with E-state index in [-0.39, 0.29) is 18.2 Å². The van der Waals surface area contributed by atoms with Gasteiger partial charge in [-0.15, -0.1) is 10.2 Å². The number of likely N-dealkylation sites (tertiary alicyclic amines) is 1. The Morgan fingerprint density at radius 3 is 2.57 bits per heavy atom. The third-order valence-corrected chi connectivity index (χ3v) is 6.18. The van der Waals surface area contributed by atoms with Crippen molar-refractivity contribution in [3.63, 3.8) is 0 Å². The summed E-state index contributed by atoms with van der Waals surface area (Å²) >= 11 is 0. The van der Waals surface area contributed by atoms with Gasteiger partial charge >= 0.3 is 0 Å². The molecule has 0 atom stereocenters. The first kappa shape index (κ1) is 22.6. The van der Waals surface area contributed by atoms with Crippen molar-refractivity contribution >= 4 is 34.2 Å². The smallest absolute Gasteiger partial charge is 0.228 e. The molecule has 4 aromatic rings. The Kier molecular flexibility index (Phi) is 6.70. The maximum Gasteiger partial charge on any atom is 0.228 e. The molecule has 2 aromatic heterocycles. The van der Waals surface area contributed by atoms with Crippen LogP contribution in [0, 0.1) is 0 Å². The lowest BCUT2D eigenvalue weighted by Gasteiger charge is -2.15. The van der Waals surface area contributed by atoms with Crippen molar-refractivity contribution in [1.29, 1.82) is 0 Å². The molecule has 1 aliphatic heterocycles. The summed E-state index contributed by atoms with van der Waals surface area (Å²) in [4.78, 5) is 26.3. The normalized spacial score (nSPS) is 13.4. The number of amides is 2. The first-order valence-corrected chi connectivity index (χ1v) is 12.0. The molecule has 2 N–H and O–H groups in total. The number of para-hydroxylation sites is 2. The van der Waals surface area contributed by atoms with Crippen LogP contribution < -0.4 is 10.6 Å². The van der Waals surface area contributed by atoms with Crippen molar-refractivity contribution in [1.82, 2.24) is 19.7 Å². The molecular formula is C27H28N6O2. The fraction of sp³-hybridized carbons (Fsp3) is 0.259. The summed E-state index contributed by atoms with van der Waals surface area (Å²) in [5.74, 6) is 1.56. The second-order valence-electron chi connectivity index (χ2n) is 8.67. The Morgan fingerprint density at radius 1 is 0.971 bits per heavy atom. The summed E-state index contributed by atoms with van der Waals surface area (Å²) in [6.45, 7) is 2.37. The van der Waals surface area contributed by atoms with Gasteiger partial charge in [-0.2, -0.15) is 0 Å². The number of fused-ring (bicyclic) bond motifs is 1. The average Bonchev–Trinajstić information content (AvgIpc) is 3.46. The van der Waals surface area contributed by atoms with Gasteiger partial charge in [0.25, 0.3) is 0 Å². The summed E-state index contributed by atoms with van der Waals surface area (Å²) < 4.78 is 1.97. The highest BCUT2D eigenvalue weighted by Gasteiger charge is 2.19. The molecule has 2 aromatic carbocycles. The highest BCUT2D eigenvalue weighted by Crippen LogP contribution is 2.25. The van der Waals surface area contributed by atoms with Gasteiger partial charge in [0, 0.05) is 43.3 Å². The lowest BCUT2D eigenvalue weighted by atomic mass is 10.1. The van der Waals surface area contributed by atoms with E-state index in [2.05, 4.69) is 20.8 Å². The molecule has 0 radical (unpaired) electrons. The number of nitrogens with one attached hydrogen (secondary N) is 2. The van der Waals surface area contributed by atoms with E-state index in [1.165, 1.54) is 0 Å². The Labute approximate surface area is 204 Å². The predicted molar refractivity (Wildman–Crippen MR) is 137 cm³/mol. The van der Waals surface area contributed by atoms with E-state index in [9.17, 15) is 9.59 Å². The minimum atomic E-state index is -0.0691. The minimum Gasteiger partial charge on any atom is -0.369 e. The molecule has 35 heavy (non-hydrogen) atoms. The van der Waals surface area contributed by atoms with Crippen LogP contribution in [0.2, 0.25) is 0 Å². The molecule has 0 unspecified atom stereocenters. The molecular weight excluding hydrogens is 440 g/mol. The van der Waals surface area contributed by atoms with Crippen molar-refractivity contribution in [3.05, 3.63) is 78.5 Å². The third kappa shape index (κ3) is 5.32. The minimum absolute atomic E-state index is 0.0691. The van der Waals surface area contributed by atoms with E-state index in [1.807, 2.05) is 82.4 Å². The molecule has 8 nitrogen and oxygen atoms in total. The standard InChI is InChI=1S/C27H28N6O2/c34-26(29-21-8-2-1-3-9-21)18-20-19-33(23-11-5-4-10-22(20)23)25-14-13-24(30-31-25)28-15-7-17-32-16-6-12-27(32)35/h1-5,8-11,13-14,19H,6-7,12,15-18H2,(H,28,30)(H,29,34). The van der Waals surface area contributed by atoms with Gasteiger partial charge in [-0.05, 0) is 48.7 Å². The number of carbonyl (C=O) groups excluding carboxylic acids is 2. The average molecular weight is 469 g/mol. The van der Waals surface area contributed by atoms with Gasteiger partial charge < -0.3 is 15.5 Å². The lowest BCUT2D eigenvalue weighted by molar-refractivity contribution is -0.127. The Hall–Kier alpha value is -4.20. The molecule has 0 spiro atoms. The van der Waals surface area contributed by atoms with E-state index in [0.717, 1.165) is 54.6 Å². The van der Waals surface area contributed by atoms with Gasteiger partial charge in [-0.25, -0.2) is 0 Å². The molecule has 0 saturated carbocycles. The predicted octanol–water partition coefficient (Wildman–Crippen LogP) is 4.03. The maximum atomic E-state index is 12.7. The van der Waals surface area contributed by atoms with Gasteiger partial charge in [0.1, 0.15) is 5.82 Å². The van der Waals surface area contributed by atoms with Gasteiger partial charge in [0.15, 0.2) is 5.82 Å². The number of rotatable bonds is 9. The fourth-order valence-corrected chi connectivity index (χ4v) is 4.46. The van der Waals surface area contributed by atoms with E-state index < -0.39 is 0 Å². The van der Waals surface area contributed by atoms with Crippen molar-refractivity contribution in [2.75, 3.05) is 30.3 Å². The zero-order chi connectivity index (χ0) is 24.0. The summed E-state index contributed by atoms with van der Waals surface area (Å²) in [5.41, 5.74) is 2.68. The van der Waals surface area contributed by atoms with E-state index in [4.69, 9.17) is 0 Å². The number of aromatic nitrogens is 3. The van der Waals surface area contributed by atoms with Crippen molar-refractivity contribution in [3.8, 4) is 5.82 Å². The monoisotopic (exact) mass is 468 g/mol. The molecule has 2 amide bonds. The second kappa shape index (κ2) is 10.4. The summed E-state index contributed by atoms with van der Waals surface area (Å²) in [6.07, 6.45) is 4.72. The number of hydrogen-bond donors (Lipinski definition) is 2. The number of carbonyl (C=O) groups is 2. The number of hydrogen-bond acceptors (Lipinski definition) is 5. The summed E-state index contributed by atoms with van der Waals surface area (Å²) in [5, 5.41) is 16.0. The van der Waals surface area contributed by atoms with Crippen molar-refractivity contribution in [2.45, 2.75) is 25.7 Å². The summed E-state index contributed by atoms with van der Waals surface area (Å²) in [7, 11) is 0. The molecule has 3 heterocycles. The zero-order valence-electron chi connectivity index (χ0n) is 19.5. The number of benzene rings is 2. The van der Waals surface area contributed by atoms with Crippen LogP contribution in [0.4, 0.5) is 11.5 Å². The molecule has 5 rings (SSSR count). The van der Waals surface area contributed by atoms with E-state index >= 15 is 0 Å². The van der Waals surface area contributed by atoms with Crippen LogP contribution in [0.1, 0.15) is 24.8 Å². The topological polar surface area (TPSA) is 92.2 Å². The van der Waals surface area contributed by atoms with Crippen molar-refractivity contribution < 1.29 is 9.59 Å². The quantitative estimate of drug-likeness (QED) is 0.362. The molecule has 1 aliphatic rings. The number of anilines is 2. The van der Waals surface area contributed by atoms with Crippen LogP contribution in [-0.2, 0) is 16.0 Å². The van der Waals surface area contributed by atoms with Gasteiger partial charge in [-0.3, -0.25) is 14.2 Å². The first-order valence-electron chi connectivity index (χ1n) is 12.0. The number of nitrogens with zero attached hydrogens (tertiary/aromatic N) is 4. The SMILES string of the molecule is O=C(Cc1cn(-c2ccc(NCCCN3CCCC3=O)nn2)c2ccccc12)Nc1ccccc1. The van der Waals surface area contributed by atoms with Crippen LogP contribution in [0.3, 0.4) is 0 Å². The Morgan fingerprint density at radius 2 is 1.80 bits per heavy atom. The molecule has 1 fully saturated rings. The fourth-order valence-electron chi connectivity index (χ4n) is 4.46. The van der Waals surface area contributed by atoms with Crippen LogP contribution in [0.15, 0.2) is 72.9 Å². The molecule has 0 aliphatic carbocycles. The zero-order valence-corrected chi connectivity index (χ0v) is 19.5. The Bertz CT molecular complexity index is 1320. The van der Waals surface area contributed by atoms with Crippen LogP contribution in [0.25, 0.3) is 16.7 Å².